The lowest BCUT2D eigenvalue weighted by Gasteiger charge is -2.24. The average Bonchev–Trinajstić information content (AvgIpc) is 3.50. The highest BCUT2D eigenvalue weighted by Crippen LogP contribution is 2.48. The molecule has 2 aromatic heterocycles. The highest BCUT2D eigenvalue weighted by molar-refractivity contribution is 6.30. The Morgan fingerprint density at radius 3 is 2.62 bits per heavy atom. The van der Waals surface area contributed by atoms with Gasteiger partial charge in [-0.05, 0) is 46.7 Å². The summed E-state index contributed by atoms with van der Waals surface area (Å²) in [6.07, 6.45) is -5.08. The van der Waals surface area contributed by atoms with Gasteiger partial charge in [0.15, 0.2) is 17.3 Å². The lowest BCUT2D eigenvalue weighted by Crippen LogP contribution is -2.20. The predicted molar refractivity (Wildman–Crippen MR) is 129 cm³/mol. The Morgan fingerprint density at radius 2 is 1.92 bits per heavy atom. The minimum Gasteiger partial charge on any atom is -0.493 e. The van der Waals surface area contributed by atoms with Gasteiger partial charge in [0, 0.05) is 22.4 Å². The number of rotatable bonds is 7. The number of hydrogen-bond donors (Lipinski definition) is 1. The average molecular weight is 564 g/mol. The number of fused-ring (bicyclic) bond motifs is 3. The number of aromatic nitrogens is 7. The predicted octanol–water partition coefficient (Wildman–Crippen LogP) is 3.89. The van der Waals surface area contributed by atoms with E-state index in [0.29, 0.717) is 27.6 Å². The molecule has 4 aromatic rings. The molecule has 0 radical (unpaired) electrons. The maximum atomic E-state index is 14.2. The van der Waals surface area contributed by atoms with Crippen molar-refractivity contribution < 1.29 is 32.5 Å². The first-order valence-electron chi connectivity index (χ1n) is 11.6. The molecule has 2 atom stereocenters. The van der Waals surface area contributed by atoms with Crippen LogP contribution in [0.4, 0.5) is 13.2 Å². The molecule has 1 aliphatic heterocycles. The quantitative estimate of drug-likeness (QED) is 0.356. The number of tetrazole rings is 1. The summed E-state index contributed by atoms with van der Waals surface area (Å²) in [5, 5.41) is 28.3. The minimum atomic E-state index is -4.82. The highest BCUT2D eigenvalue weighted by atomic mass is 35.5. The molecule has 2 unspecified atom stereocenters. The summed E-state index contributed by atoms with van der Waals surface area (Å²) in [4.78, 5) is 11.3. The van der Waals surface area contributed by atoms with Crippen molar-refractivity contribution in [2.45, 2.75) is 37.4 Å². The Balaban J connectivity index is 1.75. The zero-order valence-corrected chi connectivity index (χ0v) is 21.3. The van der Waals surface area contributed by atoms with E-state index in [4.69, 9.17) is 21.1 Å². The van der Waals surface area contributed by atoms with Crippen LogP contribution in [0.15, 0.2) is 36.4 Å². The molecule has 15 heteroatoms. The molecule has 204 valence electrons. The molecule has 0 saturated carbocycles. The Labute approximate surface area is 224 Å². The number of para-hydroxylation sites is 1. The third kappa shape index (κ3) is 4.87. The van der Waals surface area contributed by atoms with Gasteiger partial charge >= 0.3 is 12.1 Å². The molecule has 39 heavy (non-hydrogen) atoms. The minimum absolute atomic E-state index is 0.0204. The summed E-state index contributed by atoms with van der Waals surface area (Å²) >= 11 is 6.36. The van der Waals surface area contributed by atoms with Crippen molar-refractivity contribution in [3.8, 4) is 17.2 Å². The van der Waals surface area contributed by atoms with Crippen LogP contribution in [0.2, 0.25) is 5.02 Å². The number of carbonyl (C=O) groups is 1. The monoisotopic (exact) mass is 563 g/mol. The van der Waals surface area contributed by atoms with Crippen molar-refractivity contribution in [2.24, 2.45) is 0 Å². The number of carboxylic acids is 1. The molecule has 0 bridgehead atoms. The first-order chi connectivity index (χ1) is 18.6. The van der Waals surface area contributed by atoms with E-state index < -0.39 is 36.2 Å². The maximum absolute atomic E-state index is 14.2. The van der Waals surface area contributed by atoms with E-state index in [1.165, 1.54) is 31.0 Å². The number of carboxylic acid groups (broad SMARTS) is 1. The van der Waals surface area contributed by atoms with Gasteiger partial charge in [-0.25, -0.2) is 4.68 Å². The van der Waals surface area contributed by atoms with Crippen molar-refractivity contribution in [1.29, 1.82) is 0 Å². The summed E-state index contributed by atoms with van der Waals surface area (Å²) in [6, 6.07) is 9.88. The van der Waals surface area contributed by atoms with E-state index >= 15 is 0 Å². The van der Waals surface area contributed by atoms with E-state index in [0.717, 1.165) is 4.57 Å². The van der Waals surface area contributed by atoms with Crippen LogP contribution in [-0.4, -0.2) is 60.3 Å². The van der Waals surface area contributed by atoms with Crippen LogP contribution < -0.4 is 9.47 Å². The molecule has 0 amide bonds. The molecular weight excluding hydrogens is 543 g/mol. The van der Waals surface area contributed by atoms with Crippen LogP contribution in [0.5, 0.6) is 11.5 Å². The largest absolute Gasteiger partial charge is 0.493 e. The van der Waals surface area contributed by atoms with Crippen molar-refractivity contribution in [3.63, 3.8) is 0 Å². The van der Waals surface area contributed by atoms with Gasteiger partial charge in [0.25, 0.3) is 0 Å². The molecule has 0 spiro atoms. The van der Waals surface area contributed by atoms with Gasteiger partial charge in [-0.1, -0.05) is 23.7 Å². The third-order valence-corrected chi connectivity index (χ3v) is 6.79. The maximum Gasteiger partial charge on any atom is 0.452 e. The van der Waals surface area contributed by atoms with Gasteiger partial charge in [0.2, 0.25) is 5.82 Å². The fourth-order valence-electron chi connectivity index (χ4n) is 4.98. The summed E-state index contributed by atoms with van der Waals surface area (Å²) in [7, 11) is 2.96. The molecular formula is C24H21ClF3N7O4. The second kappa shape index (κ2) is 10.2. The van der Waals surface area contributed by atoms with E-state index in [9.17, 15) is 23.1 Å². The Kier molecular flexibility index (Phi) is 6.89. The third-order valence-electron chi connectivity index (χ3n) is 6.55. The van der Waals surface area contributed by atoms with Crippen LogP contribution in [-0.2, 0) is 23.9 Å². The van der Waals surface area contributed by atoms with Gasteiger partial charge in [-0.2, -0.15) is 13.2 Å². The number of ether oxygens (including phenoxy) is 2. The number of nitrogens with zero attached hydrogens (tertiary/aromatic N) is 7. The van der Waals surface area contributed by atoms with Gasteiger partial charge in [-0.3, -0.25) is 9.36 Å². The molecule has 0 saturated heterocycles. The fraction of sp³-hybridized carbons (Fsp3) is 0.333. The number of hydrogen-bond acceptors (Lipinski definition) is 8. The zero-order chi connectivity index (χ0) is 27.9. The van der Waals surface area contributed by atoms with Crippen LogP contribution in [0.25, 0.3) is 5.69 Å². The van der Waals surface area contributed by atoms with Gasteiger partial charge in [0.1, 0.15) is 12.2 Å². The molecule has 0 aliphatic carbocycles. The number of halogens is 4. The van der Waals surface area contributed by atoms with E-state index in [-0.39, 0.29) is 30.3 Å². The van der Waals surface area contributed by atoms with Crippen molar-refractivity contribution in [1.82, 2.24) is 35.0 Å². The lowest BCUT2D eigenvalue weighted by molar-refractivity contribution is -0.146. The summed E-state index contributed by atoms with van der Waals surface area (Å²) in [6.45, 7) is -0.0594. The topological polar surface area (TPSA) is 130 Å². The smallest absolute Gasteiger partial charge is 0.452 e. The van der Waals surface area contributed by atoms with Gasteiger partial charge < -0.3 is 14.6 Å². The highest BCUT2D eigenvalue weighted by Gasteiger charge is 2.43. The number of aliphatic carboxylic acids is 1. The Hall–Kier alpha value is -4.20. The lowest BCUT2D eigenvalue weighted by atomic mass is 9.83. The first-order valence-corrected chi connectivity index (χ1v) is 12.0. The van der Waals surface area contributed by atoms with Crippen molar-refractivity contribution >= 4 is 17.6 Å². The molecule has 2 aromatic carbocycles. The fourth-order valence-corrected chi connectivity index (χ4v) is 5.16. The number of alkyl halides is 3. The standard InChI is InChI=1S/C24H21ClF3N7O4/c1-38-18-5-3-4-14(21(18)39-2)15-8-12(11-34-19(10-20(36)37)29-32-33-34)22-30-31-23(24(26,27)28)35(22)17-7-6-13(25)9-16(15)17/h3-7,9,12,15H,8,10-11H2,1-2H3,(H,36,37). The first kappa shape index (κ1) is 26.4. The molecule has 11 nitrogen and oxygen atoms in total. The zero-order valence-electron chi connectivity index (χ0n) is 20.6. The summed E-state index contributed by atoms with van der Waals surface area (Å²) in [5.74, 6) is -2.72. The molecule has 3 heterocycles. The molecule has 5 rings (SSSR count). The van der Waals surface area contributed by atoms with Crippen LogP contribution in [0, 0.1) is 0 Å². The number of methoxy groups -OCH3 is 2. The van der Waals surface area contributed by atoms with E-state index in [2.05, 4.69) is 25.7 Å². The molecule has 1 N–H and O–H groups in total. The Morgan fingerprint density at radius 1 is 1.13 bits per heavy atom. The van der Waals surface area contributed by atoms with Crippen LogP contribution in [0.1, 0.15) is 46.9 Å². The van der Waals surface area contributed by atoms with Gasteiger partial charge in [-0.15, -0.1) is 15.3 Å². The van der Waals surface area contributed by atoms with Crippen LogP contribution in [0.3, 0.4) is 0 Å². The van der Waals surface area contributed by atoms with Gasteiger partial charge in [0.05, 0.1) is 26.5 Å². The normalized spacial score (nSPS) is 16.8. The second-order valence-electron chi connectivity index (χ2n) is 8.83. The second-order valence-corrected chi connectivity index (χ2v) is 9.27. The van der Waals surface area contributed by atoms with Crippen molar-refractivity contribution in [3.05, 3.63) is 70.0 Å². The Bertz CT molecular complexity index is 1540. The SMILES string of the molecule is COc1cccc(C2CC(Cn3nnnc3CC(=O)O)c3nnc(C(F)(F)F)n3-c3ccc(Cl)cc32)c1OC. The summed E-state index contributed by atoms with van der Waals surface area (Å²) in [5.41, 5.74) is 1.34. The summed E-state index contributed by atoms with van der Waals surface area (Å²) < 4.78 is 55.9. The van der Waals surface area contributed by atoms with Crippen LogP contribution >= 0.6 is 11.6 Å². The molecule has 1 aliphatic rings. The number of benzene rings is 2. The molecule has 0 fully saturated rings. The van der Waals surface area contributed by atoms with Crippen molar-refractivity contribution in [2.75, 3.05) is 14.2 Å². The van der Waals surface area contributed by atoms with E-state index in [1.807, 2.05) is 0 Å². The van der Waals surface area contributed by atoms with E-state index in [1.54, 1.807) is 24.3 Å².